The molecule has 2 aromatic carbocycles. The predicted octanol–water partition coefficient (Wildman–Crippen LogP) is 4.85. The number of sulfonamides is 1. The number of methoxy groups -OCH3 is 1. The van der Waals surface area contributed by atoms with Crippen molar-refractivity contribution in [2.75, 3.05) is 44.4 Å². The number of hydrogen-bond donors (Lipinski definition) is 1. The molecular weight excluding hydrogens is 481 g/mol. The molecule has 34 heavy (non-hydrogen) atoms. The third-order valence-corrected chi connectivity index (χ3v) is 7.10. The largest absolute Gasteiger partial charge is 0.481 e. The molecule has 2 aromatic rings. The van der Waals surface area contributed by atoms with E-state index < -0.39 is 17.6 Å². The molecule has 9 nitrogen and oxygen atoms in total. The molecule has 0 aliphatic carbocycles. The van der Waals surface area contributed by atoms with Crippen molar-refractivity contribution in [2.24, 2.45) is 0 Å². The average Bonchev–Trinajstić information content (AvgIpc) is 2.73. The zero-order chi connectivity index (χ0) is 25.4. The number of rotatable bonds is 14. The molecule has 11 heteroatoms. The summed E-state index contributed by atoms with van der Waals surface area (Å²) in [4.78, 5) is 0. The molecule has 0 unspecified atom stereocenters. The van der Waals surface area contributed by atoms with Gasteiger partial charge in [0.25, 0.3) is 0 Å². The van der Waals surface area contributed by atoms with Crippen molar-refractivity contribution >= 4 is 23.3 Å². The van der Waals surface area contributed by atoms with Crippen LogP contribution in [-0.2, 0) is 34.8 Å². The summed E-state index contributed by atoms with van der Waals surface area (Å²) in [6.45, 7) is 7.96. The maximum Gasteiger partial charge on any atom is 0.367 e. The smallest absolute Gasteiger partial charge is 0.367 e. The summed E-state index contributed by atoms with van der Waals surface area (Å²) in [5, 5.41) is 0. The Bertz CT molecular complexity index is 1090. The van der Waals surface area contributed by atoms with Crippen LogP contribution in [0.15, 0.2) is 30.3 Å². The highest BCUT2D eigenvalue weighted by Crippen LogP contribution is 2.48. The summed E-state index contributed by atoms with van der Waals surface area (Å²) in [6, 6.07) is 9.08. The Morgan fingerprint density at radius 1 is 0.971 bits per heavy atom. The van der Waals surface area contributed by atoms with Gasteiger partial charge in [0.2, 0.25) is 10.0 Å². The van der Waals surface area contributed by atoms with E-state index in [0.29, 0.717) is 23.6 Å². The van der Waals surface area contributed by atoms with E-state index in [1.807, 2.05) is 32.0 Å². The van der Waals surface area contributed by atoms with Gasteiger partial charge in [-0.3, -0.25) is 9.29 Å². The lowest BCUT2D eigenvalue weighted by Gasteiger charge is -2.19. The van der Waals surface area contributed by atoms with Gasteiger partial charge in [-0.15, -0.1) is 0 Å². The maximum absolute atomic E-state index is 12.7. The Morgan fingerprint density at radius 3 is 2.12 bits per heavy atom. The van der Waals surface area contributed by atoms with Gasteiger partial charge < -0.3 is 23.3 Å². The second-order valence-electron chi connectivity index (χ2n) is 7.69. The molecule has 0 heterocycles. The lowest BCUT2D eigenvalue weighted by molar-refractivity contribution is 0.0516. The van der Waals surface area contributed by atoms with Crippen molar-refractivity contribution in [3.8, 4) is 11.5 Å². The van der Waals surface area contributed by atoms with Crippen molar-refractivity contribution in [1.82, 2.24) is 0 Å². The first-order chi connectivity index (χ1) is 16.0. The van der Waals surface area contributed by atoms with Crippen LogP contribution in [0.4, 0.5) is 5.69 Å². The van der Waals surface area contributed by atoms with Crippen molar-refractivity contribution in [3.63, 3.8) is 0 Å². The molecule has 0 aliphatic rings. The monoisotopic (exact) mass is 515 g/mol. The molecule has 0 bridgehead atoms. The summed E-state index contributed by atoms with van der Waals surface area (Å²) in [5.41, 5.74) is 4.27. The van der Waals surface area contributed by atoms with Gasteiger partial charge in [0.15, 0.2) is 13.1 Å². The Hall–Kier alpha value is -2.10. The van der Waals surface area contributed by atoms with Crippen LogP contribution in [0.25, 0.3) is 0 Å². The quantitative estimate of drug-likeness (QED) is 0.281. The average molecular weight is 516 g/mol. The Morgan fingerprint density at radius 2 is 1.59 bits per heavy atom. The van der Waals surface area contributed by atoms with Crippen LogP contribution in [0, 0.1) is 13.8 Å². The van der Waals surface area contributed by atoms with E-state index in [9.17, 15) is 13.0 Å². The van der Waals surface area contributed by atoms with Crippen LogP contribution in [0.2, 0.25) is 0 Å². The third-order valence-electron chi connectivity index (χ3n) is 4.76. The fourth-order valence-electron chi connectivity index (χ4n) is 3.39. The maximum atomic E-state index is 12.7. The van der Waals surface area contributed by atoms with Crippen LogP contribution in [0.5, 0.6) is 11.5 Å². The highest BCUT2D eigenvalue weighted by atomic mass is 32.2. The molecule has 0 atom stereocenters. The van der Waals surface area contributed by atoms with Crippen molar-refractivity contribution in [2.45, 2.75) is 34.1 Å². The normalized spacial score (nSPS) is 11.9. The lowest BCUT2D eigenvalue weighted by atomic mass is 9.95. The van der Waals surface area contributed by atoms with Gasteiger partial charge in [-0.1, -0.05) is 6.07 Å². The van der Waals surface area contributed by atoms with Gasteiger partial charge in [-0.05, 0) is 80.6 Å². The van der Waals surface area contributed by atoms with E-state index in [4.69, 9.17) is 23.3 Å². The van der Waals surface area contributed by atoms with Gasteiger partial charge in [-0.25, -0.2) is 8.42 Å². The van der Waals surface area contributed by atoms with E-state index in [2.05, 4.69) is 4.72 Å². The third kappa shape index (κ3) is 8.60. The zero-order valence-electron chi connectivity index (χ0n) is 20.5. The molecule has 2 rings (SSSR count). The minimum Gasteiger partial charge on any atom is -0.481 e. The number of anilines is 1. The first kappa shape index (κ1) is 28.1. The predicted molar refractivity (Wildman–Crippen MR) is 132 cm³/mol. The standard InChI is InChI=1S/C23H34NO8PS/c1-7-31-33(25,32-8-2)16-30-20-11-17(3)21(18(4)12-20)13-19-9-10-23(29-15-28-5)22(14-19)24-34(6,26)27/h9-12,14,24H,7-8,13,15-16H2,1-6H3. The minimum atomic E-state index is -3.49. The molecule has 190 valence electrons. The van der Waals surface area contributed by atoms with Gasteiger partial charge >= 0.3 is 7.60 Å². The molecule has 0 saturated heterocycles. The molecule has 0 radical (unpaired) electrons. The lowest BCUT2D eigenvalue weighted by Crippen LogP contribution is -2.12. The minimum absolute atomic E-state index is 0.00299. The zero-order valence-corrected chi connectivity index (χ0v) is 22.3. The molecule has 1 N–H and O–H groups in total. The van der Waals surface area contributed by atoms with E-state index in [-0.39, 0.29) is 26.4 Å². The summed E-state index contributed by atoms with van der Waals surface area (Å²) >= 11 is 0. The summed E-state index contributed by atoms with van der Waals surface area (Å²) < 4.78 is 65.5. The Labute approximate surface area is 202 Å². The van der Waals surface area contributed by atoms with Crippen molar-refractivity contribution in [3.05, 3.63) is 52.6 Å². The summed E-state index contributed by atoms with van der Waals surface area (Å²) in [6.07, 6.45) is 1.48. The topological polar surface area (TPSA) is 109 Å². The molecule has 0 amide bonds. The highest BCUT2D eigenvalue weighted by molar-refractivity contribution is 7.92. The first-order valence-corrected chi connectivity index (χ1v) is 14.5. The van der Waals surface area contributed by atoms with Crippen LogP contribution in [-0.4, -0.2) is 48.1 Å². The van der Waals surface area contributed by atoms with E-state index in [0.717, 1.165) is 28.5 Å². The highest BCUT2D eigenvalue weighted by Gasteiger charge is 2.25. The molecular formula is C23H34NO8PS. The van der Waals surface area contributed by atoms with E-state index in [1.165, 1.54) is 7.11 Å². The first-order valence-electron chi connectivity index (χ1n) is 10.8. The van der Waals surface area contributed by atoms with Crippen LogP contribution >= 0.6 is 7.60 Å². The van der Waals surface area contributed by atoms with Crippen LogP contribution < -0.4 is 14.2 Å². The van der Waals surface area contributed by atoms with Gasteiger partial charge in [0.1, 0.15) is 11.5 Å². The second-order valence-corrected chi connectivity index (χ2v) is 11.4. The Balaban J connectivity index is 2.25. The fourth-order valence-corrected chi connectivity index (χ4v) is 5.27. The number of benzene rings is 2. The summed E-state index contributed by atoms with van der Waals surface area (Å²) in [5.74, 6) is 0.947. The molecule has 0 spiro atoms. The van der Waals surface area contributed by atoms with Crippen LogP contribution in [0.3, 0.4) is 0 Å². The van der Waals surface area contributed by atoms with Gasteiger partial charge in [0.05, 0.1) is 25.2 Å². The van der Waals surface area contributed by atoms with Crippen LogP contribution in [0.1, 0.15) is 36.1 Å². The van der Waals surface area contributed by atoms with E-state index >= 15 is 0 Å². The number of nitrogens with one attached hydrogen (secondary N) is 1. The Kier molecular flexibility index (Phi) is 10.4. The fraction of sp³-hybridized carbons (Fsp3) is 0.478. The van der Waals surface area contributed by atoms with E-state index in [1.54, 1.807) is 26.0 Å². The molecule has 0 saturated carbocycles. The van der Waals surface area contributed by atoms with Crippen molar-refractivity contribution < 1.29 is 36.2 Å². The second kappa shape index (κ2) is 12.6. The summed E-state index contributed by atoms with van der Waals surface area (Å²) in [7, 11) is -5.32. The molecule has 0 fully saturated rings. The number of aryl methyl sites for hydroxylation is 2. The van der Waals surface area contributed by atoms with Crippen molar-refractivity contribution in [1.29, 1.82) is 0 Å². The number of ether oxygens (including phenoxy) is 3. The molecule has 0 aromatic heterocycles. The van der Waals surface area contributed by atoms with Gasteiger partial charge in [-0.2, -0.15) is 0 Å². The molecule has 0 aliphatic heterocycles. The SMILES string of the molecule is CCOP(=O)(COc1cc(C)c(Cc2ccc(OCOC)c(NS(C)(=O)=O)c2)c(C)c1)OCC. The van der Waals surface area contributed by atoms with Gasteiger partial charge in [0, 0.05) is 7.11 Å². The number of hydrogen-bond acceptors (Lipinski definition) is 8.